The summed E-state index contributed by atoms with van der Waals surface area (Å²) in [5.74, 6) is -0.792. The highest BCUT2D eigenvalue weighted by Crippen LogP contribution is 2.30. The quantitative estimate of drug-likeness (QED) is 0.162. The monoisotopic (exact) mass is 705 g/mol. The molecule has 1 saturated carbocycles. The van der Waals surface area contributed by atoms with Crippen LogP contribution in [0.25, 0.3) is 0 Å². The third-order valence-corrected chi connectivity index (χ3v) is 11.1. The second-order valence-electron chi connectivity index (χ2n) is 12.5. The number of carbonyl (C=O) groups excluding carboxylic acids is 2. The molecule has 252 valence electrons. The molecule has 1 fully saturated rings. The number of benzene rings is 4. The van der Waals surface area contributed by atoms with Gasteiger partial charge in [-0.15, -0.1) is 0 Å². The first kappa shape index (κ1) is 35.5. The number of nitrogens with one attached hydrogen (secondary N) is 1. The molecule has 0 saturated heterocycles. The van der Waals surface area contributed by atoms with E-state index < -0.39 is 28.5 Å². The lowest BCUT2D eigenvalue weighted by molar-refractivity contribution is -0.140. The standard InChI is InChI=1S/C38H41Cl2N3O4S/c1-27-13-21-34(22-14-27)48(46,47)43(35-24-32(40)18-15-28(35)2)26-37(44)42(25-30-16-19-31(39)20-17-30)36(23-29-9-5-3-6-10-29)38(45)41-33-11-7-4-8-12-33/h3,5-6,9-10,13-22,24,33,36H,4,7-8,11-12,23,25-26H2,1-2H3,(H,41,45). The Morgan fingerprint density at radius 3 is 2.12 bits per heavy atom. The van der Waals surface area contributed by atoms with Gasteiger partial charge in [-0.05, 0) is 79.8 Å². The molecule has 4 aromatic carbocycles. The van der Waals surface area contributed by atoms with Gasteiger partial charge in [0.25, 0.3) is 10.0 Å². The van der Waals surface area contributed by atoms with Gasteiger partial charge >= 0.3 is 0 Å². The fraction of sp³-hybridized carbons (Fsp3) is 0.316. The molecular weight excluding hydrogens is 665 g/mol. The van der Waals surface area contributed by atoms with E-state index in [2.05, 4.69) is 5.32 Å². The molecule has 48 heavy (non-hydrogen) atoms. The molecule has 10 heteroatoms. The van der Waals surface area contributed by atoms with Crippen LogP contribution in [0.5, 0.6) is 0 Å². The minimum absolute atomic E-state index is 0.0181. The fourth-order valence-electron chi connectivity index (χ4n) is 6.09. The predicted molar refractivity (Wildman–Crippen MR) is 193 cm³/mol. The molecule has 0 spiro atoms. The van der Waals surface area contributed by atoms with Gasteiger partial charge in [-0.25, -0.2) is 8.42 Å². The molecule has 7 nitrogen and oxygen atoms in total. The molecule has 1 N–H and O–H groups in total. The summed E-state index contributed by atoms with van der Waals surface area (Å²) in [5.41, 5.74) is 3.45. The minimum atomic E-state index is -4.24. The Kier molecular flexibility index (Phi) is 11.8. The Hall–Kier alpha value is -3.85. The molecule has 1 unspecified atom stereocenters. The number of hydrogen-bond acceptors (Lipinski definition) is 4. The van der Waals surface area contributed by atoms with Gasteiger partial charge in [0.15, 0.2) is 0 Å². The van der Waals surface area contributed by atoms with Gasteiger partial charge in [0.1, 0.15) is 12.6 Å². The van der Waals surface area contributed by atoms with Gasteiger partial charge in [-0.2, -0.15) is 0 Å². The normalized spacial score (nSPS) is 14.2. The Labute approximate surface area is 293 Å². The third-order valence-electron chi connectivity index (χ3n) is 8.82. The van der Waals surface area contributed by atoms with Gasteiger partial charge in [0.2, 0.25) is 11.8 Å². The molecule has 1 aliphatic rings. The highest BCUT2D eigenvalue weighted by molar-refractivity contribution is 7.92. The molecule has 1 atom stereocenters. The van der Waals surface area contributed by atoms with Crippen LogP contribution in [0, 0.1) is 13.8 Å². The second kappa shape index (κ2) is 16.0. The molecule has 0 heterocycles. The number of halogens is 2. The first-order valence-electron chi connectivity index (χ1n) is 16.2. The Balaban J connectivity index is 1.58. The van der Waals surface area contributed by atoms with E-state index in [0.717, 1.165) is 53.1 Å². The number of amides is 2. The fourth-order valence-corrected chi connectivity index (χ4v) is 7.85. The van der Waals surface area contributed by atoms with E-state index in [0.29, 0.717) is 15.6 Å². The molecule has 0 aliphatic heterocycles. The van der Waals surface area contributed by atoms with Crippen molar-refractivity contribution >= 4 is 50.7 Å². The van der Waals surface area contributed by atoms with Crippen LogP contribution in [-0.4, -0.2) is 43.8 Å². The Morgan fingerprint density at radius 1 is 0.812 bits per heavy atom. The van der Waals surface area contributed by atoms with Crippen LogP contribution in [0.1, 0.15) is 54.4 Å². The van der Waals surface area contributed by atoms with Crippen LogP contribution in [0.4, 0.5) is 5.69 Å². The number of anilines is 1. The number of hydrogen-bond donors (Lipinski definition) is 1. The summed E-state index contributed by atoms with van der Waals surface area (Å²) >= 11 is 12.6. The van der Waals surface area contributed by atoms with Crippen LogP contribution in [-0.2, 0) is 32.6 Å². The van der Waals surface area contributed by atoms with Crippen molar-refractivity contribution in [2.45, 2.75) is 75.9 Å². The zero-order chi connectivity index (χ0) is 34.3. The van der Waals surface area contributed by atoms with Crippen LogP contribution in [0.15, 0.2) is 102 Å². The van der Waals surface area contributed by atoms with Crippen molar-refractivity contribution in [3.8, 4) is 0 Å². The third kappa shape index (κ3) is 8.98. The summed E-state index contributed by atoms with van der Waals surface area (Å²) in [6.07, 6.45) is 5.21. The van der Waals surface area contributed by atoms with E-state index in [1.165, 1.54) is 17.0 Å². The van der Waals surface area contributed by atoms with Crippen molar-refractivity contribution in [1.82, 2.24) is 10.2 Å². The number of rotatable bonds is 12. The van der Waals surface area contributed by atoms with Crippen molar-refractivity contribution in [3.63, 3.8) is 0 Å². The second-order valence-corrected chi connectivity index (χ2v) is 15.2. The summed E-state index contributed by atoms with van der Waals surface area (Å²) in [7, 11) is -4.24. The maximum Gasteiger partial charge on any atom is 0.264 e. The first-order chi connectivity index (χ1) is 23.0. The average Bonchev–Trinajstić information content (AvgIpc) is 3.08. The van der Waals surface area contributed by atoms with Crippen molar-refractivity contribution in [2.24, 2.45) is 0 Å². The van der Waals surface area contributed by atoms with E-state index in [-0.39, 0.29) is 35.5 Å². The summed E-state index contributed by atoms with van der Waals surface area (Å²) in [6, 6.07) is 27.2. The highest BCUT2D eigenvalue weighted by atomic mass is 35.5. The number of sulfonamides is 1. The van der Waals surface area contributed by atoms with Crippen molar-refractivity contribution < 1.29 is 18.0 Å². The summed E-state index contributed by atoms with van der Waals surface area (Å²) in [5, 5.41) is 4.10. The van der Waals surface area contributed by atoms with Crippen LogP contribution in [0.3, 0.4) is 0 Å². The zero-order valence-corrected chi connectivity index (χ0v) is 29.6. The van der Waals surface area contributed by atoms with E-state index in [1.807, 2.05) is 49.4 Å². The predicted octanol–water partition coefficient (Wildman–Crippen LogP) is 7.89. The zero-order valence-electron chi connectivity index (χ0n) is 27.2. The SMILES string of the molecule is Cc1ccc(S(=O)(=O)N(CC(=O)N(Cc2ccc(Cl)cc2)C(Cc2ccccc2)C(=O)NC2CCCCC2)c2cc(Cl)ccc2C)cc1. The summed E-state index contributed by atoms with van der Waals surface area (Å²) < 4.78 is 29.8. The van der Waals surface area contributed by atoms with Crippen LogP contribution in [0.2, 0.25) is 10.0 Å². The maximum atomic E-state index is 14.7. The topological polar surface area (TPSA) is 86.8 Å². The largest absolute Gasteiger partial charge is 0.352 e. The molecule has 2 amide bonds. The van der Waals surface area contributed by atoms with E-state index >= 15 is 0 Å². The maximum absolute atomic E-state index is 14.7. The molecule has 0 aromatic heterocycles. The Bertz CT molecular complexity index is 1810. The lowest BCUT2D eigenvalue weighted by Crippen LogP contribution is -2.55. The smallest absolute Gasteiger partial charge is 0.264 e. The number of nitrogens with zero attached hydrogens (tertiary/aromatic N) is 2. The molecule has 1 aliphatic carbocycles. The summed E-state index contributed by atoms with van der Waals surface area (Å²) in [4.78, 5) is 30.5. The number of aryl methyl sites for hydroxylation is 2. The first-order valence-corrected chi connectivity index (χ1v) is 18.4. The van der Waals surface area contributed by atoms with Crippen molar-refractivity contribution in [2.75, 3.05) is 10.8 Å². The average molecular weight is 707 g/mol. The van der Waals surface area contributed by atoms with Gasteiger partial charge < -0.3 is 10.2 Å². The van der Waals surface area contributed by atoms with E-state index in [4.69, 9.17) is 23.2 Å². The van der Waals surface area contributed by atoms with Crippen LogP contribution >= 0.6 is 23.2 Å². The Morgan fingerprint density at radius 2 is 1.46 bits per heavy atom. The molecule has 5 rings (SSSR count). The van der Waals surface area contributed by atoms with Crippen LogP contribution < -0.4 is 9.62 Å². The van der Waals surface area contributed by atoms with Crippen molar-refractivity contribution in [1.29, 1.82) is 0 Å². The van der Waals surface area contributed by atoms with Crippen molar-refractivity contribution in [3.05, 3.63) is 129 Å². The lowest BCUT2D eigenvalue weighted by atomic mass is 9.94. The van der Waals surface area contributed by atoms with E-state index in [1.54, 1.807) is 49.4 Å². The molecule has 4 aromatic rings. The summed E-state index contributed by atoms with van der Waals surface area (Å²) in [6.45, 7) is 3.17. The minimum Gasteiger partial charge on any atom is -0.352 e. The van der Waals surface area contributed by atoms with Gasteiger partial charge in [0.05, 0.1) is 10.6 Å². The van der Waals surface area contributed by atoms with Gasteiger partial charge in [-0.1, -0.05) is 109 Å². The lowest BCUT2D eigenvalue weighted by Gasteiger charge is -2.35. The number of carbonyl (C=O) groups is 2. The molecule has 0 bridgehead atoms. The molecule has 0 radical (unpaired) electrons. The van der Waals surface area contributed by atoms with Gasteiger partial charge in [-0.3, -0.25) is 13.9 Å². The highest BCUT2D eigenvalue weighted by Gasteiger charge is 2.36. The molecular formula is C38H41Cl2N3O4S. The van der Waals surface area contributed by atoms with E-state index in [9.17, 15) is 18.0 Å². The van der Waals surface area contributed by atoms with Gasteiger partial charge in [0, 0.05) is 29.1 Å².